The number of Topliss-reactive ketones (excluding diaryl/α,β-unsaturated/α-hetero) is 1. The Bertz CT molecular complexity index is 4980. The van der Waals surface area contributed by atoms with Crippen molar-refractivity contribution in [3.05, 3.63) is 216 Å². The van der Waals surface area contributed by atoms with Crippen LogP contribution in [0.25, 0.3) is 33.5 Å². The normalized spacial score (nSPS) is 17.1. The van der Waals surface area contributed by atoms with Crippen molar-refractivity contribution in [3.63, 3.8) is 0 Å². The first-order chi connectivity index (χ1) is 57.6. The van der Waals surface area contributed by atoms with Crippen LogP contribution < -0.4 is 31.6 Å². The number of rotatable bonds is 37. The number of nitrogens with zero attached hydrogens (tertiary/aromatic N) is 10. The summed E-state index contributed by atoms with van der Waals surface area (Å²) in [6.07, 6.45) is 4.86. The molecule has 4 amide bonds. The number of aliphatic hydroxyl groups is 1. The second-order valence-corrected chi connectivity index (χ2v) is 32.0. The van der Waals surface area contributed by atoms with Crippen LogP contribution >= 0.6 is 8.53 Å². The lowest BCUT2D eigenvalue weighted by molar-refractivity contribution is -0.153. The molecule has 6 heterocycles. The van der Waals surface area contributed by atoms with Crippen molar-refractivity contribution in [2.24, 2.45) is 5.92 Å². The maximum atomic E-state index is 13.6. The minimum absolute atomic E-state index is 0. The van der Waals surface area contributed by atoms with Gasteiger partial charge in [0.25, 0.3) is 14.4 Å². The molecule has 2 fully saturated rings. The van der Waals surface area contributed by atoms with Crippen LogP contribution in [-0.4, -0.2) is 180 Å². The van der Waals surface area contributed by atoms with Gasteiger partial charge in [0.05, 0.1) is 59.2 Å². The van der Waals surface area contributed by atoms with Crippen molar-refractivity contribution in [1.82, 2.24) is 60.1 Å². The molecule has 6 aromatic carbocycles. The molecule has 4 aromatic heterocycles. The van der Waals surface area contributed by atoms with Gasteiger partial charge in [-0.2, -0.15) is 0 Å². The van der Waals surface area contributed by atoms with Crippen molar-refractivity contribution in [3.8, 4) is 22.6 Å². The van der Waals surface area contributed by atoms with Crippen LogP contribution in [0.15, 0.2) is 177 Å². The summed E-state index contributed by atoms with van der Waals surface area (Å²) in [6, 6.07) is 49.7. The summed E-state index contributed by atoms with van der Waals surface area (Å²) in [6.45, 7) is 17.5. The molecule has 7 N–H and O–H groups in total. The molecule has 1 aliphatic carbocycles. The number of benzene rings is 6. The highest BCUT2D eigenvalue weighted by Crippen LogP contribution is 2.52. The number of nitrogens with one attached hydrogen (secondary N) is 3. The number of hydrogen-bond acceptors (Lipinski definition) is 24. The van der Waals surface area contributed by atoms with Crippen LogP contribution in [-0.2, 0) is 64.1 Å². The predicted octanol–water partition coefficient (Wildman–Crippen LogP) is 14.8. The molecule has 3 aliphatic rings. The third-order valence-electron chi connectivity index (χ3n) is 21.0. The number of amides is 4. The van der Waals surface area contributed by atoms with Gasteiger partial charge in [-0.1, -0.05) is 136 Å². The fourth-order valence-electron chi connectivity index (χ4n) is 14.9. The van der Waals surface area contributed by atoms with E-state index in [4.69, 9.17) is 47.2 Å². The molecule has 2 saturated heterocycles. The van der Waals surface area contributed by atoms with Gasteiger partial charge in [0.1, 0.15) is 72.9 Å². The molecule has 10 aromatic rings. The Labute approximate surface area is 700 Å². The summed E-state index contributed by atoms with van der Waals surface area (Å²) in [5, 5.41) is 18.5. The number of aromatic nitrogens is 8. The second kappa shape index (κ2) is 42.3. The SMILES string of the molecule is CC(=O)CCC(=O)OC1C[C@H](n2cnc3c(NC(=O)CCCN(C)C(=O)OCC4c5ccccc5-c5ccccc54)ncnc32)O[C@@H]1CO.CCCOP(OC1C[C@H](n2cnc3c(NC(=O)c4ccc(CNC(=O)CCC(C)C)cc4)ncnc32)O[C@@H]1COC(c1ccccc1)(c1ccc(OC)cc1)c1ccc(OC)cc1)N(C(C)C)C(C)C.N. The highest BCUT2D eigenvalue weighted by Gasteiger charge is 2.46. The first kappa shape index (κ1) is 89.7. The summed E-state index contributed by atoms with van der Waals surface area (Å²) in [5.41, 5.74) is 9.07. The first-order valence-corrected chi connectivity index (χ1v) is 41.6. The highest BCUT2D eigenvalue weighted by molar-refractivity contribution is 7.44. The van der Waals surface area contributed by atoms with Gasteiger partial charge in [0, 0.05) is 75.8 Å². The van der Waals surface area contributed by atoms with E-state index in [1.54, 1.807) is 44.3 Å². The molecule has 0 saturated carbocycles. The van der Waals surface area contributed by atoms with E-state index in [-0.39, 0.29) is 105 Å². The van der Waals surface area contributed by atoms with Gasteiger partial charge in [-0.3, -0.25) is 28.3 Å². The van der Waals surface area contributed by atoms with E-state index < -0.39 is 63.1 Å². The highest BCUT2D eigenvalue weighted by atomic mass is 31.2. The van der Waals surface area contributed by atoms with Crippen molar-refractivity contribution >= 4 is 78.1 Å². The van der Waals surface area contributed by atoms with E-state index in [0.717, 1.165) is 68.8 Å². The summed E-state index contributed by atoms with van der Waals surface area (Å²) in [5.74, 6) is 0.992. The second-order valence-electron chi connectivity index (χ2n) is 30.6. The lowest BCUT2D eigenvalue weighted by atomic mass is 9.80. The number of ketones is 1. The first-order valence-electron chi connectivity index (χ1n) is 40.4. The average Bonchev–Trinajstić information content (AvgIpc) is 0.819. The van der Waals surface area contributed by atoms with E-state index in [1.165, 1.54) is 30.8 Å². The molecular weight excluding hydrogens is 1550 g/mol. The topological polar surface area (TPSA) is 370 Å². The van der Waals surface area contributed by atoms with E-state index in [1.807, 2.05) is 108 Å². The minimum Gasteiger partial charge on any atom is -0.497 e. The molecule has 120 heavy (non-hydrogen) atoms. The Morgan fingerprint density at radius 3 is 1.73 bits per heavy atom. The zero-order chi connectivity index (χ0) is 84.3. The molecule has 0 radical (unpaired) electrons. The molecule has 636 valence electrons. The molecule has 13 rings (SSSR count). The van der Waals surface area contributed by atoms with Gasteiger partial charge in [-0.05, 0) is 141 Å². The van der Waals surface area contributed by atoms with Gasteiger partial charge >= 0.3 is 12.1 Å². The van der Waals surface area contributed by atoms with Crippen LogP contribution in [0, 0.1) is 5.92 Å². The van der Waals surface area contributed by atoms with E-state index in [2.05, 4.69) is 130 Å². The van der Waals surface area contributed by atoms with Crippen molar-refractivity contribution in [1.29, 1.82) is 0 Å². The fourth-order valence-corrected chi connectivity index (χ4v) is 16.8. The molecular formula is C89H109N14O16P. The Balaban J connectivity index is 0.000000247. The van der Waals surface area contributed by atoms with Gasteiger partial charge in [0.2, 0.25) is 11.8 Å². The Morgan fingerprint density at radius 1 is 0.625 bits per heavy atom. The Morgan fingerprint density at radius 2 is 1.18 bits per heavy atom. The van der Waals surface area contributed by atoms with Gasteiger partial charge in [0.15, 0.2) is 34.0 Å². The maximum Gasteiger partial charge on any atom is 0.409 e. The summed E-state index contributed by atoms with van der Waals surface area (Å²) >= 11 is 0. The number of esters is 1. The quantitative estimate of drug-likeness (QED) is 0.0137. The Kier molecular flexibility index (Phi) is 31.6. The number of anilines is 2. The Hall–Kier alpha value is -11.1. The number of ether oxygens (including phenoxy) is 7. The maximum absolute atomic E-state index is 13.6. The monoisotopic (exact) mass is 1660 g/mol. The van der Waals surface area contributed by atoms with E-state index >= 15 is 0 Å². The fraction of sp³-hybridized carbons (Fsp3) is 0.416. The van der Waals surface area contributed by atoms with Gasteiger partial charge in [-0.25, -0.2) is 39.4 Å². The average molecular weight is 1660 g/mol. The number of aliphatic hydroxyl groups excluding tert-OH is 1. The molecule has 7 atom stereocenters. The van der Waals surface area contributed by atoms with Crippen LogP contribution in [0.2, 0.25) is 0 Å². The summed E-state index contributed by atoms with van der Waals surface area (Å²) in [7, 11) is 3.41. The largest absolute Gasteiger partial charge is 0.497 e. The van der Waals surface area contributed by atoms with E-state index in [9.17, 15) is 33.9 Å². The zero-order valence-corrected chi connectivity index (χ0v) is 70.7. The van der Waals surface area contributed by atoms with Gasteiger partial charge in [-0.15, -0.1) is 0 Å². The number of carbonyl (C=O) groups is 6. The van der Waals surface area contributed by atoms with Crippen LogP contribution in [0.3, 0.4) is 0 Å². The molecule has 3 unspecified atom stereocenters. The lowest BCUT2D eigenvalue weighted by Crippen LogP contribution is -2.39. The number of fused-ring (bicyclic) bond motifs is 5. The van der Waals surface area contributed by atoms with E-state index in [0.29, 0.717) is 72.8 Å². The molecule has 0 bridgehead atoms. The minimum atomic E-state index is -1.53. The standard InChI is InChI=1S/C54H68N7O8P.C35H38N6O8.H3N/c1-10-30-67-70(61(37(4)5)38(6)7)69-46-31-49(60-35-58-50-51(56-34-57-52(50)60)59-53(63)40-19-17-39(18-20-40)32-55-48(62)29-16-36(2)3)68-47(46)33-66-54(41-14-12-11-13-15-41,42-21-25-44(64-8)26-22-42)43-23-27-45(65-9)28-24-43;1-21(43)13-14-31(45)49-27-16-30(48-28(27)17-42)41-20-38-32-33(36-19-37-34(32)41)39-29(44)12-7-15-40(2)35(46)47-18-26-24-10-5-3-8-22(24)23-9-4-6-11-25(23)26;/h11-15,17-28,34-38,46-47,49H,10,16,29-33H2,1-9H3,(H,55,62)(H,56,57,59,63);3-6,8-11,19-20,26-28,30,42H,7,12-18H2,1-2H3,(H,36,37,39,44);1H3/t46?,47-,49-,70?;27?,28-,30-;/m11./s1. The number of carbonyl (C=O) groups excluding carboxylic acids is 6. The predicted molar refractivity (Wildman–Crippen MR) is 454 cm³/mol. The van der Waals surface area contributed by atoms with Crippen LogP contribution in [0.5, 0.6) is 11.5 Å². The molecule has 31 heteroatoms. The summed E-state index contributed by atoms with van der Waals surface area (Å²) < 4.78 is 62.3. The van der Waals surface area contributed by atoms with Crippen LogP contribution in [0.1, 0.15) is 175 Å². The number of hydrogen-bond donors (Lipinski definition) is 5. The smallest absolute Gasteiger partial charge is 0.409 e. The number of imidazole rings is 2. The molecule has 30 nitrogen and oxygen atoms in total. The van der Waals surface area contributed by atoms with Crippen molar-refractivity contribution < 1.29 is 76.1 Å². The van der Waals surface area contributed by atoms with Crippen LogP contribution in [0.4, 0.5) is 16.4 Å². The number of methoxy groups -OCH3 is 2. The lowest BCUT2D eigenvalue weighted by Gasteiger charge is -2.39. The zero-order valence-electron chi connectivity index (χ0n) is 69.8. The van der Waals surface area contributed by atoms with Gasteiger partial charge < -0.3 is 79.1 Å². The third-order valence-corrected chi connectivity index (χ3v) is 23.2. The van der Waals surface area contributed by atoms with Crippen molar-refractivity contribution in [2.45, 2.75) is 180 Å². The summed E-state index contributed by atoms with van der Waals surface area (Å²) in [4.78, 5) is 103. The third kappa shape index (κ3) is 21.7. The van der Waals surface area contributed by atoms with Crippen molar-refractivity contribution in [2.75, 3.05) is 64.9 Å². The molecule has 0 spiro atoms. The molecule has 2 aliphatic heterocycles.